The van der Waals surface area contributed by atoms with E-state index in [1.165, 1.54) is 18.2 Å². The maximum absolute atomic E-state index is 13.4. The van der Waals surface area contributed by atoms with Crippen LogP contribution in [-0.4, -0.2) is 35.4 Å². The quantitative estimate of drug-likeness (QED) is 0.403. The number of ether oxygens (including phenoxy) is 2. The van der Waals surface area contributed by atoms with Crippen LogP contribution in [0.1, 0.15) is 64.2 Å². The lowest BCUT2D eigenvalue weighted by molar-refractivity contribution is -0.138. The molecule has 1 aromatic carbocycles. The highest BCUT2D eigenvalue weighted by molar-refractivity contribution is 5.66. The van der Waals surface area contributed by atoms with Crippen molar-refractivity contribution < 1.29 is 33.7 Å². The molecular weight excluding hydrogens is 355 g/mol. The Hall–Kier alpha value is -2.31. The molecule has 6 nitrogen and oxygen atoms in total. The predicted octanol–water partition coefficient (Wildman–Crippen LogP) is 4.65. The monoisotopic (exact) mass is 384 g/mol. The second-order valence-corrected chi connectivity index (χ2v) is 6.40. The molecule has 0 aromatic heterocycles. The van der Waals surface area contributed by atoms with Crippen LogP contribution >= 0.6 is 0 Å². The summed E-state index contributed by atoms with van der Waals surface area (Å²) in [7, 11) is 0. The third kappa shape index (κ3) is 11.8. The van der Waals surface area contributed by atoms with Crippen molar-refractivity contribution in [3.63, 3.8) is 0 Å². The Kier molecular flexibility index (Phi) is 11.6. The highest BCUT2D eigenvalue weighted by Crippen LogP contribution is 2.28. The van der Waals surface area contributed by atoms with Gasteiger partial charge in [-0.05, 0) is 31.4 Å². The van der Waals surface area contributed by atoms with Crippen LogP contribution in [-0.2, 0) is 9.59 Å². The first-order chi connectivity index (χ1) is 13.0. The molecule has 0 fully saturated rings. The molecule has 0 aliphatic rings. The Morgan fingerprint density at radius 2 is 1.26 bits per heavy atom. The molecular formula is C20H29FO6. The number of hydrogen-bond donors (Lipinski definition) is 2. The highest BCUT2D eigenvalue weighted by atomic mass is 19.1. The minimum absolute atomic E-state index is 0.0215. The summed E-state index contributed by atoms with van der Waals surface area (Å²) in [5, 5.41) is 17.2. The number of carboxylic acids is 2. The number of carboxylic acid groups (broad SMARTS) is 2. The molecule has 0 heterocycles. The maximum atomic E-state index is 13.4. The van der Waals surface area contributed by atoms with E-state index in [0.29, 0.717) is 24.5 Å². The smallest absolute Gasteiger partial charge is 0.303 e. The van der Waals surface area contributed by atoms with Crippen LogP contribution in [0.2, 0.25) is 0 Å². The fraction of sp³-hybridized carbons (Fsp3) is 0.600. The van der Waals surface area contributed by atoms with Crippen LogP contribution < -0.4 is 9.47 Å². The first kappa shape index (κ1) is 22.7. The van der Waals surface area contributed by atoms with Crippen LogP contribution in [0.15, 0.2) is 18.2 Å². The van der Waals surface area contributed by atoms with Gasteiger partial charge in [0.1, 0.15) is 5.82 Å². The van der Waals surface area contributed by atoms with Crippen LogP contribution in [0, 0.1) is 5.82 Å². The van der Waals surface area contributed by atoms with E-state index in [2.05, 4.69) is 0 Å². The zero-order valence-electron chi connectivity index (χ0n) is 15.6. The lowest BCUT2D eigenvalue weighted by atomic mass is 10.1. The van der Waals surface area contributed by atoms with E-state index in [-0.39, 0.29) is 19.4 Å². The SMILES string of the molecule is O=C(O)CCCCCCCCCOc1cc(F)ccc1OCCCC(=O)O. The molecule has 0 amide bonds. The zero-order valence-corrected chi connectivity index (χ0v) is 15.6. The van der Waals surface area contributed by atoms with Crippen LogP contribution in [0.4, 0.5) is 4.39 Å². The largest absolute Gasteiger partial charge is 0.490 e. The summed E-state index contributed by atoms with van der Waals surface area (Å²) >= 11 is 0. The van der Waals surface area contributed by atoms with Gasteiger partial charge in [-0.3, -0.25) is 9.59 Å². The van der Waals surface area contributed by atoms with Crippen LogP contribution in [0.5, 0.6) is 11.5 Å². The highest BCUT2D eigenvalue weighted by Gasteiger charge is 2.08. The van der Waals surface area contributed by atoms with E-state index in [1.54, 1.807) is 0 Å². The topological polar surface area (TPSA) is 93.1 Å². The van der Waals surface area contributed by atoms with Gasteiger partial charge in [-0.1, -0.05) is 32.1 Å². The second-order valence-electron chi connectivity index (χ2n) is 6.40. The van der Waals surface area contributed by atoms with E-state index in [0.717, 1.165) is 44.9 Å². The zero-order chi connectivity index (χ0) is 19.9. The predicted molar refractivity (Wildman–Crippen MR) is 98.8 cm³/mol. The number of hydrogen-bond acceptors (Lipinski definition) is 4. The lowest BCUT2D eigenvalue weighted by Crippen LogP contribution is -2.05. The maximum Gasteiger partial charge on any atom is 0.303 e. The number of unbranched alkanes of at least 4 members (excludes halogenated alkanes) is 6. The number of benzene rings is 1. The van der Waals surface area contributed by atoms with Gasteiger partial charge in [0.05, 0.1) is 13.2 Å². The van der Waals surface area contributed by atoms with Crippen molar-refractivity contribution in [2.45, 2.75) is 64.2 Å². The van der Waals surface area contributed by atoms with Gasteiger partial charge in [0, 0.05) is 18.9 Å². The fourth-order valence-corrected chi connectivity index (χ4v) is 2.56. The number of aliphatic carboxylic acids is 2. The second kappa shape index (κ2) is 13.8. The normalized spacial score (nSPS) is 10.6. The molecule has 0 saturated carbocycles. The molecule has 0 spiro atoms. The van der Waals surface area contributed by atoms with Gasteiger partial charge in [0.25, 0.3) is 0 Å². The minimum Gasteiger partial charge on any atom is -0.490 e. The molecule has 0 bridgehead atoms. The van der Waals surface area contributed by atoms with Crippen molar-refractivity contribution in [1.29, 1.82) is 0 Å². The summed E-state index contributed by atoms with van der Waals surface area (Å²) in [6.45, 7) is 0.685. The summed E-state index contributed by atoms with van der Waals surface area (Å²) in [6, 6.07) is 4.04. The molecule has 2 N–H and O–H groups in total. The van der Waals surface area contributed by atoms with Gasteiger partial charge in [-0.2, -0.15) is 0 Å². The first-order valence-electron chi connectivity index (χ1n) is 9.48. The molecule has 0 atom stereocenters. The summed E-state index contributed by atoms with van der Waals surface area (Å²) in [5.41, 5.74) is 0. The summed E-state index contributed by atoms with van der Waals surface area (Å²) < 4.78 is 24.5. The van der Waals surface area contributed by atoms with Crippen molar-refractivity contribution >= 4 is 11.9 Å². The summed E-state index contributed by atoms with van der Waals surface area (Å²) in [4.78, 5) is 20.9. The Labute approximate surface area is 159 Å². The van der Waals surface area contributed by atoms with E-state index < -0.39 is 17.8 Å². The Morgan fingerprint density at radius 3 is 1.93 bits per heavy atom. The van der Waals surface area contributed by atoms with Gasteiger partial charge >= 0.3 is 11.9 Å². The lowest BCUT2D eigenvalue weighted by Gasteiger charge is -2.12. The van der Waals surface area contributed by atoms with Crippen molar-refractivity contribution in [2.24, 2.45) is 0 Å². The fourth-order valence-electron chi connectivity index (χ4n) is 2.56. The summed E-state index contributed by atoms with van der Waals surface area (Å²) in [6.07, 6.45) is 7.28. The van der Waals surface area contributed by atoms with Gasteiger partial charge in [-0.15, -0.1) is 0 Å². The molecule has 1 rings (SSSR count). The van der Waals surface area contributed by atoms with Gasteiger partial charge < -0.3 is 19.7 Å². The number of rotatable bonds is 16. The molecule has 0 radical (unpaired) electrons. The standard InChI is InChI=1S/C20H29FO6/c21-16-11-12-17(26-14-8-10-20(24)25)18(15-16)27-13-7-5-3-1-2-4-6-9-19(22)23/h11-12,15H,1-10,13-14H2,(H,22,23)(H,24,25). The molecule has 0 aliphatic heterocycles. The van der Waals surface area contributed by atoms with Crippen molar-refractivity contribution in [3.05, 3.63) is 24.0 Å². The molecule has 0 aliphatic carbocycles. The summed E-state index contributed by atoms with van der Waals surface area (Å²) in [5.74, 6) is -1.28. The average Bonchev–Trinajstić information content (AvgIpc) is 2.61. The molecule has 7 heteroatoms. The average molecular weight is 384 g/mol. The van der Waals surface area contributed by atoms with Gasteiger partial charge in [0.2, 0.25) is 0 Å². The van der Waals surface area contributed by atoms with Gasteiger partial charge in [0.15, 0.2) is 11.5 Å². The Morgan fingerprint density at radius 1 is 0.741 bits per heavy atom. The third-order valence-corrected chi connectivity index (χ3v) is 3.99. The van der Waals surface area contributed by atoms with Crippen molar-refractivity contribution in [1.82, 2.24) is 0 Å². The minimum atomic E-state index is -0.879. The van der Waals surface area contributed by atoms with E-state index in [9.17, 15) is 14.0 Å². The van der Waals surface area contributed by atoms with Crippen LogP contribution in [0.3, 0.4) is 0 Å². The van der Waals surface area contributed by atoms with E-state index in [4.69, 9.17) is 19.7 Å². The van der Waals surface area contributed by atoms with Crippen molar-refractivity contribution in [2.75, 3.05) is 13.2 Å². The Balaban J connectivity index is 2.18. The molecule has 1 aromatic rings. The van der Waals surface area contributed by atoms with Crippen molar-refractivity contribution in [3.8, 4) is 11.5 Å². The number of halogens is 1. The number of carbonyl (C=O) groups is 2. The first-order valence-corrected chi connectivity index (χ1v) is 9.48. The molecule has 152 valence electrons. The molecule has 27 heavy (non-hydrogen) atoms. The molecule has 0 saturated heterocycles. The van der Waals surface area contributed by atoms with E-state index >= 15 is 0 Å². The third-order valence-electron chi connectivity index (χ3n) is 3.99. The van der Waals surface area contributed by atoms with E-state index in [1.807, 2.05) is 0 Å². The Bertz CT molecular complexity index is 576. The van der Waals surface area contributed by atoms with Crippen LogP contribution in [0.25, 0.3) is 0 Å². The van der Waals surface area contributed by atoms with Gasteiger partial charge in [-0.25, -0.2) is 4.39 Å². The molecule has 0 unspecified atom stereocenters.